The van der Waals surface area contributed by atoms with Gasteiger partial charge in [0.15, 0.2) is 5.78 Å². The normalized spacial score (nSPS) is 24.0. The van der Waals surface area contributed by atoms with Gasteiger partial charge < -0.3 is 0 Å². The van der Waals surface area contributed by atoms with E-state index in [0.29, 0.717) is 36.9 Å². The van der Waals surface area contributed by atoms with Gasteiger partial charge in [0.05, 0.1) is 4.90 Å². The molecule has 4 nitrogen and oxygen atoms in total. The molecule has 0 saturated carbocycles. The first kappa shape index (κ1) is 16.2. The van der Waals surface area contributed by atoms with Crippen LogP contribution in [0.3, 0.4) is 0 Å². The zero-order valence-electron chi connectivity index (χ0n) is 12.9. The number of piperidine rings is 1. The van der Waals surface area contributed by atoms with Gasteiger partial charge in [-0.25, -0.2) is 8.42 Å². The summed E-state index contributed by atoms with van der Waals surface area (Å²) in [7, 11) is -3.50. The first-order valence-corrected chi connectivity index (χ1v) is 8.93. The lowest BCUT2D eigenvalue weighted by molar-refractivity contribution is 0.0988. The third-order valence-electron chi connectivity index (χ3n) is 4.41. The van der Waals surface area contributed by atoms with Crippen LogP contribution < -0.4 is 0 Å². The maximum Gasteiger partial charge on any atom is 0.243 e. The van der Waals surface area contributed by atoms with Gasteiger partial charge in [-0.2, -0.15) is 4.31 Å². The molecule has 116 valence electrons. The van der Waals surface area contributed by atoms with Crippen molar-refractivity contribution in [2.45, 2.75) is 38.5 Å². The van der Waals surface area contributed by atoms with Crippen LogP contribution in [0.15, 0.2) is 29.2 Å². The van der Waals surface area contributed by atoms with Gasteiger partial charge in [0.2, 0.25) is 10.0 Å². The molecule has 2 atom stereocenters. The van der Waals surface area contributed by atoms with Crippen LogP contribution in [-0.4, -0.2) is 31.6 Å². The first-order valence-electron chi connectivity index (χ1n) is 7.49. The SMILES string of the molecule is CCC(=O)c1cccc(S(=O)(=O)N2CCC(C)C(C)C2)c1. The standard InChI is InChI=1S/C16H23NO3S/c1-4-16(18)14-6-5-7-15(10-14)21(19,20)17-9-8-12(2)13(3)11-17/h5-7,10,12-13H,4,8-9,11H2,1-3H3. The van der Waals surface area contributed by atoms with Gasteiger partial charge in [-0.15, -0.1) is 0 Å². The lowest BCUT2D eigenvalue weighted by Gasteiger charge is -2.34. The molecule has 0 amide bonds. The molecule has 1 saturated heterocycles. The fourth-order valence-corrected chi connectivity index (χ4v) is 4.23. The topological polar surface area (TPSA) is 54.5 Å². The Morgan fingerprint density at radius 1 is 1.29 bits per heavy atom. The number of ketones is 1. The van der Waals surface area contributed by atoms with E-state index in [0.717, 1.165) is 6.42 Å². The molecule has 0 spiro atoms. The van der Waals surface area contributed by atoms with Crippen molar-refractivity contribution in [3.63, 3.8) is 0 Å². The summed E-state index contributed by atoms with van der Waals surface area (Å²) in [6.45, 7) is 7.13. The fraction of sp³-hybridized carbons (Fsp3) is 0.562. The number of sulfonamides is 1. The molecule has 1 aliphatic rings. The van der Waals surface area contributed by atoms with Crippen LogP contribution in [0, 0.1) is 11.8 Å². The zero-order chi connectivity index (χ0) is 15.6. The van der Waals surface area contributed by atoms with E-state index in [4.69, 9.17) is 0 Å². The van der Waals surface area contributed by atoms with Gasteiger partial charge in [0.25, 0.3) is 0 Å². The van der Waals surface area contributed by atoms with Crippen molar-refractivity contribution in [2.24, 2.45) is 11.8 Å². The van der Waals surface area contributed by atoms with Crippen molar-refractivity contribution >= 4 is 15.8 Å². The first-order chi connectivity index (χ1) is 9.86. The monoisotopic (exact) mass is 309 g/mol. The summed E-state index contributed by atoms with van der Waals surface area (Å²) in [5, 5.41) is 0. The molecule has 0 bridgehead atoms. The van der Waals surface area contributed by atoms with Gasteiger partial charge in [-0.3, -0.25) is 4.79 Å². The Bertz CT molecular complexity index is 624. The maximum absolute atomic E-state index is 12.7. The van der Waals surface area contributed by atoms with Crippen LogP contribution in [0.2, 0.25) is 0 Å². The molecule has 1 aromatic carbocycles. The molecular weight excluding hydrogens is 286 g/mol. The molecule has 21 heavy (non-hydrogen) atoms. The van der Waals surface area contributed by atoms with Gasteiger partial charge in [0, 0.05) is 25.1 Å². The van der Waals surface area contributed by atoms with Crippen molar-refractivity contribution in [3.8, 4) is 0 Å². The molecule has 0 aromatic heterocycles. The van der Waals surface area contributed by atoms with E-state index in [9.17, 15) is 13.2 Å². The average Bonchev–Trinajstić information content (AvgIpc) is 2.49. The lowest BCUT2D eigenvalue weighted by Crippen LogP contribution is -2.42. The Hall–Kier alpha value is -1.20. The van der Waals surface area contributed by atoms with Crippen LogP contribution in [0.1, 0.15) is 44.0 Å². The van der Waals surface area contributed by atoms with Crippen LogP contribution in [0.4, 0.5) is 0 Å². The summed E-state index contributed by atoms with van der Waals surface area (Å²) >= 11 is 0. The van der Waals surface area contributed by atoms with Crippen LogP contribution in [-0.2, 0) is 10.0 Å². The Labute approximate surface area is 127 Å². The van der Waals surface area contributed by atoms with E-state index in [-0.39, 0.29) is 10.7 Å². The van der Waals surface area contributed by atoms with E-state index in [1.807, 2.05) is 0 Å². The lowest BCUT2D eigenvalue weighted by atomic mass is 9.90. The van der Waals surface area contributed by atoms with Crippen molar-refractivity contribution in [1.29, 1.82) is 0 Å². The number of carbonyl (C=O) groups is 1. The zero-order valence-corrected chi connectivity index (χ0v) is 13.7. The molecule has 1 aromatic rings. The van der Waals surface area contributed by atoms with E-state index >= 15 is 0 Å². The molecule has 0 radical (unpaired) electrons. The number of benzene rings is 1. The molecule has 0 aliphatic carbocycles. The number of nitrogens with zero attached hydrogens (tertiary/aromatic N) is 1. The number of hydrogen-bond donors (Lipinski definition) is 0. The summed E-state index contributed by atoms with van der Waals surface area (Å²) in [6.07, 6.45) is 1.26. The van der Waals surface area contributed by atoms with Crippen LogP contribution in [0.25, 0.3) is 0 Å². The Balaban J connectivity index is 2.30. The molecule has 1 fully saturated rings. The smallest absolute Gasteiger partial charge is 0.243 e. The molecular formula is C16H23NO3S. The summed E-state index contributed by atoms with van der Waals surface area (Å²) in [5.74, 6) is 0.867. The highest BCUT2D eigenvalue weighted by Gasteiger charge is 2.31. The number of carbonyl (C=O) groups excluding carboxylic acids is 1. The van der Waals surface area contributed by atoms with Crippen molar-refractivity contribution < 1.29 is 13.2 Å². The number of hydrogen-bond acceptors (Lipinski definition) is 3. The molecule has 2 rings (SSSR count). The van der Waals surface area contributed by atoms with Gasteiger partial charge in [-0.05, 0) is 30.4 Å². The van der Waals surface area contributed by atoms with E-state index < -0.39 is 10.0 Å². The molecule has 2 unspecified atom stereocenters. The van der Waals surface area contributed by atoms with E-state index in [2.05, 4.69) is 13.8 Å². The predicted molar refractivity (Wildman–Crippen MR) is 82.8 cm³/mol. The second kappa shape index (κ2) is 6.28. The Kier molecular flexibility index (Phi) is 4.84. The summed E-state index contributed by atoms with van der Waals surface area (Å²) in [6, 6.07) is 6.39. The maximum atomic E-state index is 12.7. The third kappa shape index (κ3) is 3.35. The summed E-state index contributed by atoms with van der Waals surface area (Å²) in [4.78, 5) is 12.0. The van der Waals surface area contributed by atoms with Crippen LogP contribution in [0.5, 0.6) is 0 Å². The fourth-order valence-electron chi connectivity index (χ4n) is 2.63. The highest BCUT2D eigenvalue weighted by molar-refractivity contribution is 7.89. The second-order valence-corrected chi connectivity index (χ2v) is 7.85. The van der Waals surface area contributed by atoms with Crippen LogP contribution >= 0.6 is 0 Å². The van der Waals surface area contributed by atoms with Gasteiger partial charge in [0.1, 0.15) is 0 Å². The summed E-state index contributed by atoms with van der Waals surface area (Å²) < 4.78 is 27.0. The largest absolute Gasteiger partial charge is 0.294 e. The van der Waals surface area contributed by atoms with E-state index in [1.54, 1.807) is 29.4 Å². The highest BCUT2D eigenvalue weighted by Crippen LogP contribution is 2.27. The molecule has 0 N–H and O–H groups in total. The third-order valence-corrected chi connectivity index (χ3v) is 6.27. The van der Waals surface area contributed by atoms with Crippen molar-refractivity contribution in [3.05, 3.63) is 29.8 Å². The highest BCUT2D eigenvalue weighted by atomic mass is 32.2. The Morgan fingerprint density at radius 2 is 2.00 bits per heavy atom. The van der Waals surface area contributed by atoms with E-state index in [1.165, 1.54) is 6.07 Å². The quantitative estimate of drug-likeness (QED) is 0.804. The molecule has 1 heterocycles. The van der Waals surface area contributed by atoms with Gasteiger partial charge >= 0.3 is 0 Å². The summed E-state index contributed by atoms with van der Waals surface area (Å²) in [5.41, 5.74) is 0.469. The predicted octanol–water partition coefficient (Wildman–Crippen LogP) is 2.95. The minimum absolute atomic E-state index is 0.0346. The molecule has 1 aliphatic heterocycles. The average molecular weight is 309 g/mol. The van der Waals surface area contributed by atoms with Crippen molar-refractivity contribution in [1.82, 2.24) is 4.31 Å². The number of rotatable bonds is 4. The molecule has 5 heteroatoms. The minimum atomic E-state index is -3.50. The van der Waals surface area contributed by atoms with Crippen molar-refractivity contribution in [2.75, 3.05) is 13.1 Å². The van der Waals surface area contributed by atoms with Gasteiger partial charge in [-0.1, -0.05) is 32.9 Å². The second-order valence-electron chi connectivity index (χ2n) is 5.91. The number of Topliss-reactive ketones (excluding diaryl/α,β-unsaturated/α-hetero) is 1. The minimum Gasteiger partial charge on any atom is -0.294 e. The Morgan fingerprint density at radius 3 is 2.62 bits per heavy atom.